The van der Waals surface area contributed by atoms with E-state index in [4.69, 9.17) is 30.6 Å². The van der Waals surface area contributed by atoms with E-state index < -0.39 is 99.8 Å². The molecule has 0 amide bonds. The fourth-order valence-corrected chi connectivity index (χ4v) is 3.36. The van der Waals surface area contributed by atoms with Gasteiger partial charge in [0.05, 0.1) is 0 Å². The Morgan fingerprint density at radius 3 is 0.800 bits per heavy atom. The molecule has 0 radical (unpaired) electrons. The summed E-state index contributed by atoms with van der Waals surface area (Å²) in [6.45, 7) is 0. The van der Waals surface area contributed by atoms with Crippen molar-refractivity contribution in [3.8, 4) is 0 Å². The Labute approximate surface area is 214 Å². The maximum atomic E-state index is 10.7. The molecule has 0 unspecified atom stereocenters. The molecule has 0 saturated carbocycles. The van der Waals surface area contributed by atoms with E-state index in [1.807, 2.05) is 0 Å². The third-order valence-corrected chi connectivity index (χ3v) is 5.89. The first-order valence-corrected chi connectivity index (χ1v) is 12.0. The minimum absolute atomic E-state index is 0. The van der Waals surface area contributed by atoms with Crippen LogP contribution in [0.4, 0.5) is 0 Å². The second kappa shape index (κ2) is 14.5. The molecule has 0 aromatic carbocycles. The summed E-state index contributed by atoms with van der Waals surface area (Å²) in [6, 6.07) is 0. The summed E-state index contributed by atoms with van der Waals surface area (Å²) in [5.41, 5.74) is -6.26. The van der Waals surface area contributed by atoms with Crippen molar-refractivity contribution in [2.24, 2.45) is 10.8 Å². The van der Waals surface area contributed by atoms with Crippen LogP contribution in [0.2, 0.25) is 0 Å². The first-order chi connectivity index (χ1) is 15.1. The molecule has 18 nitrogen and oxygen atoms in total. The number of carboxylic acid groups (broad SMARTS) is 6. The van der Waals surface area contributed by atoms with Crippen LogP contribution in [0.25, 0.3) is 0 Å². The van der Waals surface area contributed by atoms with Crippen LogP contribution >= 0.6 is 15.2 Å². The van der Waals surface area contributed by atoms with Crippen molar-refractivity contribution in [3.63, 3.8) is 0 Å². The van der Waals surface area contributed by atoms with E-state index in [2.05, 4.69) is 0 Å². The maximum Gasteiger partial charge on any atom is 4.00 e. The Bertz CT molecular complexity index is 770. The van der Waals surface area contributed by atoms with E-state index in [0.29, 0.717) is 0 Å². The van der Waals surface area contributed by atoms with Crippen LogP contribution in [-0.2, 0) is 64.1 Å². The molecule has 0 bridgehead atoms. The summed E-state index contributed by atoms with van der Waals surface area (Å²) in [5.74, 6) is -12.7. The number of aliphatic carboxylic acids is 6. The van der Waals surface area contributed by atoms with E-state index in [1.165, 1.54) is 0 Å². The summed E-state index contributed by atoms with van der Waals surface area (Å²) < 4.78 is 20.5. The Kier molecular flexibility index (Phi) is 15.6. The maximum absolute atomic E-state index is 10.7. The Morgan fingerprint density at radius 1 is 0.514 bits per heavy atom. The first kappa shape index (κ1) is 37.5. The van der Waals surface area contributed by atoms with Gasteiger partial charge in [-0.25, -0.2) is 0 Å². The molecule has 0 aliphatic rings. The summed E-state index contributed by atoms with van der Waals surface area (Å²) in [4.78, 5) is 105. The van der Waals surface area contributed by atoms with Crippen LogP contribution in [0.3, 0.4) is 0 Å². The van der Waals surface area contributed by atoms with E-state index in [-0.39, 0.29) is 26.2 Å². The molecule has 0 aliphatic heterocycles. The normalized spacial score (nSPS) is 11.8. The van der Waals surface area contributed by atoms with Crippen LogP contribution in [0.15, 0.2) is 0 Å². The van der Waals surface area contributed by atoms with Crippen molar-refractivity contribution in [2.45, 2.75) is 25.7 Å². The zero-order chi connectivity index (χ0) is 27.7. The molecular weight excluding hydrogens is 609 g/mol. The fraction of sp³-hybridized carbons (Fsp3) is 0.571. The number of carbonyl (C=O) groups is 6. The smallest absolute Gasteiger partial charge is 0.811 e. The van der Waals surface area contributed by atoms with Gasteiger partial charge in [-0.1, -0.05) is 15.2 Å². The van der Waals surface area contributed by atoms with Gasteiger partial charge >= 0.3 is 62.0 Å². The van der Waals surface area contributed by atoms with Gasteiger partial charge in [-0.2, -0.15) is 0 Å². The molecule has 0 aromatic rings. The van der Waals surface area contributed by atoms with Crippen molar-refractivity contribution >= 4 is 51.0 Å². The summed E-state index contributed by atoms with van der Waals surface area (Å²) in [5, 5.41) is 51.6. The second-order valence-corrected chi connectivity index (χ2v) is 9.86. The van der Waals surface area contributed by atoms with Crippen molar-refractivity contribution in [2.75, 3.05) is 12.3 Å². The molecular formula is C14H18O18P2Zr. The largest absolute Gasteiger partial charge is 4.00 e. The third-order valence-electron chi connectivity index (χ3n) is 4.16. The zero-order valence-electron chi connectivity index (χ0n) is 17.2. The SMILES string of the molecule is O=C(O)C(CCCP(=O)([O-])[O-])(C(=O)O)C(=O)O.O=C(O)C(CCCP(=O)([O-])[O-])(C(=O)O)C(=O)O.[Zr+4]. The van der Waals surface area contributed by atoms with Crippen molar-refractivity contribution in [1.29, 1.82) is 0 Å². The Balaban J connectivity index is -0.000000569. The molecule has 6 N–H and O–H groups in total. The third kappa shape index (κ3) is 11.5. The minimum Gasteiger partial charge on any atom is -0.811 e. The minimum atomic E-state index is -4.92. The quantitative estimate of drug-likeness (QED) is 0.0785. The van der Waals surface area contributed by atoms with Gasteiger partial charge in [0.1, 0.15) is 0 Å². The average molecular weight is 627 g/mol. The van der Waals surface area contributed by atoms with Crippen LogP contribution in [0.5, 0.6) is 0 Å². The van der Waals surface area contributed by atoms with Crippen LogP contribution < -0.4 is 19.6 Å². The summed E-state index contributed by atoms with van der Waals surface area (Å²) >= 11 is 0. The number of hydrogen-bond acceptors (Lipinski definition) is 12. The molecule has 0 saturated heterocycles. The number of carboxylic acids is 6. The van der Waals surface area contributed by atoms with Gasteiger partial charge in [0.2, 0.25) is 0 Å². The number of rotatable bonds is 14. The van der Waals surface area contributed by atoms with E-state index in [0.717, 1.165) is 0 Å². The molecule has 0 rings (SSSR count). The molecule has 0 fully saturated rings. The summed E-state index contributed by atoms with van der Waals surface area (Å²) in [7, 11) is -9.84. The molecule has 35 heavy (non-hydrogen) atoms. The molecule has 0 aromatic heterocycles. The molecule has 0 heterocycles. The van der Waals surface area contributed by atoms with Crippen molar-refractivity contribution in [1.82, 2.24) is 0 Å². The van der Waals surface area contributed by atoms with Gasteiger partial charge < -0.3 is 59.3 Å². The van der Waals surface area contributed by atoms with Gasteiger partial charge in [0.15, 0.2) is 0 Å². The van der Waals surface area contributed by atoms with Gasteiger partial charge in [0.25, 0.3) is 10.8 Å². The van der Waals surface area contributed by atoms with E-state index in [9.17, 15) is 57.5 Å². The molecule has 21 heteroatoms. The molecule has 0 spiro atoms. The topological polar surface area (TPSA) is 350 Å². The monoisotopic (exact) mass is 626 g/mol. The zero-order valence-corrected chi connectivity index (χ0v) is 21.5. The molecule has 0 aliphatic carbocycles. The van der Waals surface area contributed by atoms with Gasteiger partial charge in [-0.3, -0.25) is 28.8 Å². The van der Waals surface area contributed by atoms with E-state index >= 15 is 0 Å². The van der Waals surface area contributed by atoms with Crippen molar-refractivity contribution in [3.05, 3.63) is 0 Å². The van der Waals surface area contributed by atoms with Crippen LogP contribution in [0.1, 0.15) is 25.7 Å². The Hall–Kier alpha value is -2.00. The van der Waals surface area contributed by atoms with E-state index in [1.54, 1.807) is 0 Å². The summed E-state index contributed by atoms with van der Waals surface area (Å²) in [6.07, 6.45) is -5.28. The van der Waals surface area contributed by atoms with Gasteiger partial charge in [0, 0.05) is 0 Å². The average Bonchev–Trinajstić information content (AvgIpc) is 2.59. The van der Waals surface area contributed by atoms with Gasteiger partial charge in [-0.15, -0.1) is 0 Å². The van der Waals surface area contributed by atoms with Crippen LogP contribution in [-0.4, -0.2) is 78.8 Å². The Morgan fingerprint density at radius 2 is 0.686 bits per heavy atom. The van der Waals surface area contributed by atoms with Crippen molar-refractivity contribution < 1.29 is 114 Å². The van der Waals surface area contributed by atoms with Gasteiger partial charge in [-0.05, 0) is 38.0 Å². The fourth-order valence-electron chi connectivity index (χ4n) is 2.27. The molecule has 0 atom stereocenters. The molecule has 196 valence electrons. The predicted molar refractivity (Wildman–Crippen MR) is 94.1 cm³/mol. The number of hydrogen-bond donors (Lipinski definition) is 6. The second-order valence-electron chi connectivity index (χ2n) is 6.52. The predicted octanol–water partition coefficient (Wildman–Crippen LogP) is -4.16. The van der Waals surface area contributed by atoms with Crippen LogP contribution in [0, 0.1) is 10.8 Å². The standard InChI is InChI=1S/2C7H11O9P.Zr/c2*8-4(9)7(5(10)11,6(12)13)2-1-3-17(14,15)16;/h2*1-3H2,(H,8,9)(H,10,11)(H,12,13)(H2,14,15,16);/q;;+4/p-4. The first-order valence-electron chi connectivity index (χ1n) is 8.50.